The SMILES string of the molecule is c1ccc(-n2c3ccccc3c3ccc(N(c4ccc5c(c4)sc4ccccc45)c4c5ccccc5cc5sc6ccccc6c45)cc32)cc1. The van der Waals surface area contributed by atoms with Gasteiger partial charge in [-0.25, -0.2) is 0 Å². The lowest BCUT2D eigenvalue weighted by atomic mass is 10.0. The van der Waals surface area contributed by atoms with Gasteiger partial charge in [0.2, 0.25) is 0 Å². The fourth-order valence-corrected chi connectivity index (χ4v) is 10.3. The molecule has 0 saturated heterocycles. The molecule has 0 aliphatic carbocycles. The Hall–Kier alpha value is -5.94. The number of thiophene rings is 2. The second kappa shape index (κ2) is 10.8. The first-order valence-electron chi connectivity index (χ1n) is 16.9. The maximum Gasteiger partial charge on any atom is 0.0633 e. The summed E-state index contributed by atoms with van der Waals surface area (Å²) in [6.07, 6.45) is 0. The minimum Gasteiger partial charge on any atom is -0.309 e. The van der Waals surface area contributed by atoms with Gasteiger partial charge in [-0.1, -0.05) is 109 Å². The Balaban J connectivity index is 1.28. The predicted molar refractivity (Wildman–Crippen MR) is 219 cm³/mol. The number of benzene rings is 8. The predicted octanol–water partition coefficient (Wildman–Crippen LogP) is 14.1. The van der Waals surface area contributed by atoms with Crippen molar-refractivity contribution in [3.05, 3.63) is 170 Å². The summed E-state index contributed by atoms with van der Waals surface area (Å²) in [5.41, 5.74) is 7.06. The van der Waals surface area contributed by atoms with E-state index in [0.29, 0.717) is 0 Å². The third-order valence-electron chi connectivity index (χ3n) is 10.1. The van der Waals surface area contributed by atoms with Gasteiger partial charge in [-0.3, -0.25) is 0 Å². The zero-order valence-corrected chi connectivity index (χ0v) is 28.5. The van der Waals surface area contributed by atoms with Gasteiger partial charge in [0.05, 0.1) is 16.7 Å². The maximum absolute atomic E-state index is 2.53. The summed E-state index contributed by atoms with van der Waals surface area (Å²) >= 11 is 3.75. The minimum atomic E-state index is 1.13. The Labute approximate surface area is 296 Å². The molecule has 3 heterocycles. The van der Waals surface area contributed by atoms with E-state index in [1.54, 1.807) is 0 Å². The number of fused-ring (bicyclic) bond motifs is 10. The number of nitrogens with zero attached hydrogens (tertiary/aromatic N) is 2. The first kappa shape index (κ1) is 28.0. The zero-order valence-electron chi connectivity index (χ0n) is 26.9. The van der Waals surface area contributed by atoms with Crippen LogP contribution < -0.4 is 4.90 Å². The van der Waals surface area contributed by atoms with Crippen LogP contribution in [0.2, 0.25) is 0 Å². The molecular weight excluding hydrogens is 645 g/mol. The summed E-state index contributed by atoms with van der Waals surface area (Å²) in [6, 6.07) is 62.5. The van der Waals surface area contributed by atoms with E-state index in [4.69, 9.17) is 0 Å². The molecule has 0 aliphatic heterocycles. The minimum absolute atomic E-state index is 1.13. The van der Waals surface area contributed by atoms with E-state index in [9.17, 15) is 0 Å². The van der Waals surface area contributed by atoms with Crippen LogP contribution in [0.15, 0.2) is 170 Å². The molecule has 3 aromatic heterocycles. The molecule has 11 rings (SSSR count). The molecular formula is C46H28N2S2. The largest absolute Gasteiger partial charge is 0.309 e. The molecule has 4 heteroatoms. The lowest BCUT2D eigenvalue weighted by Crippen LogP contribution is -2.11. The summed E-state index contributed by atoms with van der Waals surface area (Å²) in [6.45, 7) is 0. The molecule has 0 fully saturated rings. The van der Waals surface area contributed by atoms with E-state index in [0.717, 1.165) is 17.1 Å². The lowest BCUT2D eigenvalue weighted by molar-refractivity contribution is 1.18. The van der Waals surface area contributed by atoms with Crippen LogP contribution in [0.5, 0.6) is 0 Å². The number of anilines is 3. The number of para-hydroxylation sites is 2. The molecule has 50 heavy (non-hydrogen) atoms. The van der Waals surface area contributed by atoms with Crippen molar-refractivity contribution < 1.29 is 0 Å². The zero-order chi connectivity index (χ0) is 32.8. The fraction of sp³-hybridized carbons (Fsp3) is 0. The van der Waals surface area contributed by atoms with Crippen LogP contribution in [0.25, 0.3) is 78.6 Å². The Bertz CT molecular complexity index is 3110. The van der Waals surface area contributed by atoms with Crippen LogP contribution in [0.4, 0.5) is 17.1 Å². The average molecular weight is 673 g/mol. The summed E-state index contributed by atoms with van der Waals surface area (Å²) < 4.78 is 7.63. The van der Waals surface area contributed by atoms with Crippen LogP contribution in [-0.4, -0.2) is 4.57 Å². The van der Waals surface area contributed by atoms with Crippen LogP contribution in [0, 0.1) is 0 Å². The van der Waals surface area contributed by atoms with E-state index in [1.807, 2.05) is 22.7 Å². The van der Waals surface area contributed by atoms with Gasteiger partial charge in [-0.15, -0.1) is 22.7 Å². The second-order valence-electron chi connectivity index (χ2n) is 12.9. The van der Waals surface area contributed by atoms with E-state index in [1.165, 1.54) is 78.6 Å². The van der Waals surface area contributed by atoms with Gasteiger partial charge in [0.15, 0.2) is 0 Å². The molecule has 0 amide bonds. The Morgan fingerprint density at radius 1 is 0.380 bits per heavy atom. The maximum atomic E-state index is 2.53. The first-order valence-corrected chi connectivity index (χ1v) is 18.6. The smallest absolute Gasteiger partial charge is 0.0633 e. The first-order chi connectivity index (χ1) is 24.8. The van der Waals surface area contributed by atoms with Crippen LogP contribution in [0.1, 0.15) is 0 Å². The fourth-order valence-electron chi connectivity index (χ4n) is 7.97. The van der Waals surface area contributed by atoms with E-state index < -0.39 is 0 Å². The van der Waals surface area contributed by atoms with E-state index in [2.05, 4.69) is 179 Å². The topological polar surface area (TPSA) is 8.17 Å². The van der Waals surface area contributed by atoms with Gasteiger partial charge in [0.25, 0.3) is 0 Å². The number of hydrogen-bond acceptors (Lipinski definition) is 3. The van der Waals surface area contributed by atoms with Crippen LogP contribution in [0.3, 0.4) is 0 Å². The molecule has 0 radical (unpaired) electrons. The van der Waals surface area contributed by atoms with Gasteiger partial charge in [0, 0.05) is 73.6 Å². The number of rotatable bonds is 4. The molecule has 0 atom stereocenters. The Morgan fingerprint density at radius 2 is 0.960 bits per heavy atom. The highest BCUT2D eigenvalue weighted by atomic mass is 32.1. The number of hydrogen-bond donors (Lipinski definition) is 0. The highest BCUT2D eigenvalue weighted by Gasteiger charge is 2.24. The summed E-state index contributed by atoms with van der Waals surface area (Å²) in [5, 5.41) is 10.2. The average Bonchev–Trinajstić information content (AvgIpc) is 3.84. The van der Waals surface area contributed by atoms with Crippen molar-refractivity contribution in [3.63, 3.8) is 0 Å². The van der Waals surface area contributed by atoms with Gasteiger partial charge in [0.1, 0.15) is 0 Å². The van der Waals surface area contributed by atoms with Crippen molar-refractivity contribution in [2.24, 2.45) is 0 Å². The van der Waals surface area contributed by atoms with Crippen molar-refractivity contribution in [3.8, 4) is 5.69 Å². The molecule has 0 bridgehead atoms. The van der Waals surface area contributed by atoms with Crippen LogP contribution >= 0.6 is 22.7 Å². The highest BCUT2D eigenvalue weighted by Crippen LogP contribution is 2.50. The molecule has 0 N–H and O–H groups in total. The van der Waals surface area contributed by atoms with Crippen LogP contribution in [-0.2, 0) is 0 Å². The summed E-state index contributed by atoms with van der Waals surface area (Å²) in [7, 11) is 0. The van der Waals surface area contributed by atoms with Gasteiger partial charge in [-0.05, 0) is 66.0 Å². The third kappa shape index (κ3) is 4.07. The quantitative estimate of drug-likeness (QED) is 0.181. The van der Waals surface area contributed by atoms with Crippen molar-refractivity contribution >= 4 is 113 Å². The molecule has 0 unspecified atom stereocenters. The van der Waals surface area contributed by atoms with Gasteiger partial charge in [-0.2, -0.15) is 0 Å². The Kier molecular flexibility index (Phi) is 6.03. The van der Waals surface area contributed by atoms with E-state index in [-0.39, 0.29) is 0 Å². The standard InChI is InChI=1S/C46H28N2S2/c1-2-13-30(14-3-1)48-39-19-9-6-16-34(39)35-24-22-31(27-40(35)48)47(32-23-25-37-36-17-7-10-20-41(36)49-43(37)28-32)46-33-15-5-4-12-29(33)26-44-45(46)38-18-8-11-21-42(38)50-44/h1-28H. The van der Waals surface area contributed by atoms with Crippen molar-refractivity contribution in [1.82, 2.24) is 4.57 Å². The van der Waals surface area contributed by atoms with Gasteiger partial charge >= 0.3 is 0 Å². The Morgan fingerprint density at radius 3 is 1.80 bits per heavy atom. The normalized spacial score (nSPS) is 12.0. The summed E-state index contributed by atoms with van der Waals surface area (Å²) in [5.74, 6) is 0. The lowest BCUT2D eigenvalue weighted by Gasteiger charge is -2.28. The van der Waals surface area contributed by atoms with E-state index >= 15 is 0 Å². The van der Waals surface area contributed by atoms with Crippen molar-refractivity contribution in [1.29, 1.82) is 0 Å². The molecule has 11 aromatic rings. The molecule has 0 aliphatic rings. The summed E-state index contributed by atoms with van der Waals surface area (Å²) in [4.78, 5) is 2.53. The van der Waals surface area contributed by atoms with Gasteiger partial charge < -0.3 is 9.47 Å². The molecule has 0 saturated carbocycles. The highest BCUT2D eigenvalue weighted by molar-refractivity contribution is 7.26. The van der Waals surface area contributed by atoms with Crippen molar-refractivity contribution in [2.45, 2.75) is 0 Å². The molecule has 0 spiro atoms. The number of aromatic nitrogens is 1. The molecule has 234 valence electrons. The molecule has 2 nitrogen and oxygen atoms in total. The molecule has 8 aromatic carbocycles. The van der Waals surface area contributed by atoms with Crippen molar-refractivity contribution in [2.75, 3.05) is 4.90 Å². The third-order valence-corrected chi connectivity index (χ3v) is 12.4. The monoisotopic (exact) mass is 672 g/mol. The second-order valence-corrected chi connectivity index (χ2v) is 15.1.